The topological polar surface area (TPSA) is 53.2 Å². The van der Waals surface area contributed by atoms with E-state index in [1.165, 1.54) is 18.2 Å². The fraction of sp³-hybridized carbons (Fsp3) is 0.0476. The number of thiocarbonyl (C=S) groups is 1. The predicted octanol–water partition coefficient (Wildman–Crippen LogP) is 5.87. The second-order valence-corrected chi connectivity index (χ2v) is 7.38. The highest BCUT2D eigenvalue weighted by molar-refractivity contribution is 7.80. The number of amides is 1. The van der Waals surface area contributed by atoms with Gasteiger partial charge in [0.1, 0.15) is 5.82 Å². The van der Waals surface area contributed by atoms with Crippen LogP contribution in [0.3, 0.4) is 0 Å². The lowest BCUT2D eigenvalue weighted by atomic mass is 10.2. The molecule has 0 atom stereocenters. The molecular formula is C21H16Cl2FN3OS. The molecular weight excluding hydrogens is 432 g/mol. The first-order chi connectivity index (χ1) is 13.9. The highest BCUT2D eigenvalue weighted by Crippen LogP contribution is 2.19. The highest BCUT2D eigenvalue weighted by Gasteiger charge is 2.10. The molecule has 0 saturated carbocycles. The number of rotatable bonds is 5. The highest BCUT2D eigenvalue weighted by atomic mass is 35.5. The second kappa shape index (κ2) is 9.69. The van der Waals surface area contributed by atoms with Gasteiger partial charge in [-0.25, -0.2) is 4.39 Å². The first-order valence-electron chi connectivity index (χ1n) is 8.56. The zero-order valence-corrected chi connectivity index (χ0v) is 17.3. The van der Waals surface area contributed by atoms with Crippen molar-refractivity contribution in [2.24, 2.45) is 0 Å². The number of carbonyl (C=O) groups is 1. The first-order valence-corrected chi connectivity index (χ1v) is 9.73. The van der Waals surface area contributed by atoms with Gasteiger partial charge in [0, 0.05) is 28.0 Å². The molecule has 0 aliphatic heterocycles. The first kappa shape index (κ1) is 21.0. The lowest BCUT2D eigenvalue weighted by Gasteiger charge is -2.12. The Labute approximate surface area is 183 Å². The lowest BCUT2D eigenvalue weighted by molar-refractivity contribution is 0.102. The maximum atomic E-state index is 13.7. The third-order valence-corrected chi connectivity index (χ3v) is 4.58. The number of hydrogen-bond acceptors (Lipinski definition) is 2. The fourth-order valence-corrected chi connectivity index (χ4v) is 3.31. The minimum Gasteiger partial charge on any atom is -0.358 e. The van der Waals surface area contributed by atoms with E-state index in [4.69, 9.17) is 35.4 Å². The van der Waals surface area contributed by atoms with Gasteiger partial charge in [-0.15, -0.1) is 0 Å². The Morgan fingerprint density at radius 2 is 1.48 bits per heavy atom. The van der Waals surface area contributed by atoms with Crippen LogP contribution in [0.25, 0.3) is 0 Å². The van der Waals surface area contributed by atoms with E-state index in [9.17, 15) is 9.18 Å². The van der Waals surface area contributed by atoms with Crippen LogP contribution in [0.4, 0.5) is 15.8 Å². The zero-order valence-electron chi connectivity index (χ0n) is 15.0. The van der Waals surface area contributed by atoms with Gasteiger partial charge in [-0.3, -0.25) is 4.79 Å². The molecule has 0 bridgehead atoms. The van der Waals surface area contributed by atoms with Crippen LogP contribution in [-0.2, 0) is 6.54 Å². The second-order valence-electron chi connectivity index (χ2n) is 6.10. The van der Waals surface area contributed by atoms with E-state index in [1.54, 1.807) is 48.5 Å². The normalized spacial score (nSPS) is 10.3. The van der Waals surface area contributed by atoms with E-state index in [2.05, 4.69) is 16.0 Å². The third kappa shape index (κ3) is 6.15. The number of nitrogens with one attached hydrogen (secondary N) is 3. The van der Waals surface area contributed by atoms with Crippen molar-refractivity contribution in [1.82, 2.24) is 5.32 Å². The molecule has 1 amide bonds. The molecule has 3 rings (SSSR count). The third-order valence-electron chi connectivity index (χ3n) is 3.89. The Morgan fingerprint density at radius 1 is 0.897 bits per heavy atom. The van der Waals surface area contributed by atoms with Gasteiger partial charge in [0.2, 0.25) is 0 Å². The Kier molecular flexibility index (Phi) is 7.04. The summed E-state index contributed by atoms with van der Waals surface area (Å²) in [5, 5.41) is 10.3. The molecule has 0 aromatic heterocycles. The molecule has 3 N–H and O–H groups in total. The van der Waals surface area contributed by atoms with Crippen LogP contribution in [0.2, 0.25) is 10.0 Å². The molecule has 4 nitrogen and oxygen atoms in total. The summed E-state index contributed by atoms with van der Waals surface area (Å²) in [6.45, 7) is 0.461. The lowest BCUT2D eigenvalue weighted by Crippen LogP contribution is -2.27. The fourth-order valence-electron chi connectivity index (χ4n) is 2.55. The maximum absolute atomic E-state index is 13.7. The maximum Gasteiger partial charge on any atom is 0.258 e. The van der Waals surface area contributed by atoms with Crippen molar-refractivity contribution in [3.63, 3.8) is 0 Å². The number of carbonyl (C=O) groups excluding carboxylic acids is 1. The number of hydrogen-bond donors (Lipinski definition) is 3. The zero-order chi connectivity index (χ0) is 20.8. The van der Waals surface area contributed by atoms with E-state index < -0.39 is 11.7 Å². The van der Waals surface area contributed by atoms with Crippen LogP contribution in [0.1, 0.15) is 15.9 Å². The Hall–Kier alpha value is -2.67. The average Bonchev–Trinajstić information content (AvgIpc) is 2.67. The summed E-state index contributed by atoms with van der Waals surface area (Å²) >= 11 is 17.2. The average molecular weight is 448 g/mol. The summed E-state index contributed by atoms with van der Waals surface area (Å²) in [5.74, 6) is -1.08. The van der Waals surface area contributed by atoms with Crippen molar-refractivity contribution in [1.29, 1.82) is 0 Å². The molecule has 8 heteroatoms. The summed E-state index contributed by atoms with van der Waals surface area (Å²) in [7, 11) is 0. The quantitative estimate of drug-likeness (QED) is 0.428. The van der Waals surface area contributed by atoms with Crippen LogP contribution in [0.15, 0.2) is 66.7 Å². The standard InChI is InChI=1S/C21H16Cl2FN3OS/c22-14-9-13(10-15(23)11-14)12-25-21(29)27-17-7-5-16(6-8-17)26-20(28)18-3-1-2-4-19(18)24/h1-11H,12H2,(H,26,28)(H2,25,27,29). The molecule has 0 unspecified atom stereocenters. The Bertz CT molecular complexity index is 1020. The van der Waals surface area contributed by atoms with Crippen LogP contribution in [-0.4, -0.2) is 11.0 Å². The van der Waals surface area contributed by atoms with Gasteiger partial charge in [-0.05, 0) is 72.4 Å². The molecule has 3 aromatic carbocycles. The van der Waals surface area contributed by atoms with E-state index >= 15 is 0 Å². The molecule has 29 heavy (non-hydrogen) atoms. The van der Waals surface area contributed by atoms with Gasteiger partial charge in [0.15, 0.2) is 5.11 Å². The van der Waals surface area contributed by atoms with Crippen molar-refractivity contribution in [3.05, 3.63) is 93.7 Å². The minimum absolute atomic E-state index is 0.0128. The molecule has 0 spiro atoms. The molecule has 0 saturated heterocycles. The number of halogens is 3. The molecule has 0 aliphatic rings. The summed E-state index contributed by atoms with van der Waals surface area (Å²) < 4.78 is 13.7. The molecule has 0 radical (unpaired) electrons. The molecule has 0 fully saturated rings. The van der Waals surface area contributed by atoms with Gasteiger partial charge in [0.05, 0.1) is 5.56 Å². The van der Waals surface area contributed by atoms with E-state index in [-0.39, 0.29) is 5.56 Å². The SMILES string of the molecule is O=C(Nc1ccc(NC(=S)NCc2cc(Cl)cc(Cl)c2)cc1)c1ccccc1F. The van der Waals surface area contributed by atoms with Gasteiger partial charge >= 0.3 is 0 Å². The van der Waals surface area contributed by atoms with Crippen LogP contribution in [0.5, 0.6) is 0 Å². The van der Waals surface area contributed by atoms with Gasteiger partial charge in [0.25, 0.3) is 5.91 Å². The van der Waals surface area contributed by atoms with E-state index in [0.29, 0.717) is 27.4 Å². The van der Waals surface area contributed by atoms with E-state index in [1.807, 2.05) is 0 Å². The van der Waals surface area contributed by atoms with Crippen molar-refractivity contribution < 1.29 is 9.18 Å². The Morgan fingerprint density at radius 3 is 2.10 bits per heavy atom. The summed E-state index contributed by atoms with van der Waals surface area (Å²) in [6, 6.07) is 18.0. The van der Waals surface area contributed by atoms with E-state index in [0.717, 1.165) is 11.3 Å². The summed E-state index contributed by atoms with van der Waals surface area (Å²) in [6.07, 6.45) is 0. The minimum atomic E-state index is -0.569. The van der Waals surface area contributed by atoms with Crippen LogP contribution in [0, 0.1) is 5.82 Å². The summed E-state index contributed by atoms with van der Waals surface area (Å²) in [5.41, 5.74) is 2.16. The Balaban J connectivity index is 1.54. The number of anilines is 2. The van der Waals surface area contributed by atoms with Crippen LogP contribution < -0.4 is 16.0 Å². The van der Waals surface area contributed by atoms with Crippen molar-refractivity contribution >= 4 is 57.8 Å². The van der Waals surface area contributed by atoms with Crippen molar-refractivity contribution in [3.8, 4) is 0 Å². The monoisotopic (exact) mass is 447 g/mol. The smallest absolute Gasteiger partial charge is 0.258 e. The summed E-state index contributed by atoms with van der Waals surface area (Å²) in [4.78, 5) is 12.1. The van der Waals surface area contributed by atoms with Crippen molar-refractivity contribution in [2.75, 3.05) is 10.6 Å². The largest absolute Gasteiger partial charge is 0.358 e. The molecule has 3 aromatic rings. The molecule has 0 aliphatic carbocycles. The predicted molar refractivity (Wildman–Crippen MR) is 120 cm³/mol. The van der Waals surface area contributed by atoms with Crippen molar-refractivity contribution in [2.45, 2.75) is 6.54 Å². The molecule has 148 valence electrons. The van der Waals surface area contributed by atoms with Gasteiger partial charge in [-0.1, -0.05) is 35.3 Å². The number of benzene rings is 3. The van der Waals surface area contributed by atoms with Gasteiger partial charge < -0.3 is 16.0 Å². The van der Waals surface area contributed by atoms with Crippen LogP contribution >= 0.6 is 35.4 Å². The van der Waals surface area contributed by atoms with Gasteiger partial charge in [-0.2, -0.15) is 0 Å². The molecule has 0 heterocycles.